The van der Waals surface area contributed by atoms with Crippen molar-refractivity contribution in [1.82, 2.24) is 9.55 Å². The average Bonchev–Trinajstić information content (AvgIpc) is 2.56. The predicted octanol–water partition coefficient (Wildman–Crippen LogP) is 2.45. The molecule has 16 heavy (non-hydrogen) atoms. The van der Waals surface area contributed by atoms with E-state index in [1.807, 2.05) is 12.1 Å². The number of nitrogens with zero attached hydrogens (tertiary/aromatic N) is 2. The number of aryl methyl sites for hydroxylation is 1. The van der Waals surface area contributed by atoms with Crippen molar-refractivity contribution in [3.05, 3.63) is 36.3 Å². The smallest absolute Gasteiger partial charge is 0.147 e. The average molecular weight is 215 g/mol. The first-order valence-corrected chi connectivity index (χ1v) is 4.97. The van der Waals surface area contributed by atoms with E-state index in [0.717, 1.165) is 16.3 Å². The van der Waals surface area contributed by atoms with Gasteiger partial charge in [0.2, 0.25) is 0 Å². The van der Waals surface area contributed by atoms with E-state index in [4.69, 9.17) is 5.73 Å². The molecule has 0 atom stereocenters. The van der Waals surface area contributed by atoms with E-state index in [-0.39, 0.29) is 5.82 Å². The van der Waals surface area contributed by atoms with Crippen molar-refractivity contribution in [2.24, 2.45) is 7.05 Å². The summed E-state index contributed by atoms with van der Waals surface area (Å²) in [5.41, 5.74) is 7.16. The minimum Gasteiger partial charge on any atom is -0.382 e. The van der Waals surface area contributed by atoms with Crippen LogP contribution in [0.15, 0.2) is 30.5 Å². The lowest BCUT2D eigenvalue weighted by Crippen LogP contribution is -1.96. The van der Waals surface area contributed by atoms with Crippen LogP contribution in [0.5, 0.6) is 0 Å². The highest BCUT2D eigenvalue weighted by Gasteiger charge is 2.13. The Morgan fingerprint density at radius 3 is 2.75 bits per heavy atom. The molecule has 2 heterocycles. The van der Waals surface area contributed by atoms with Gasteiger partial charge in [0, 0.05) is 24.0 Å². The number of nitrogen functional groups attached to an aromatic ring is 1. The van der Waals surface area contributed by atoms with E-state index in [1.54, 1.807) is 23.9 Å². The Labute approximate surface area is 91.3 Å². The molecular formula is C12H10FN3. The maximum Gasteiger partial charge on any atom is 0.147 e. The molecule has 0 amide bonds. The molecule has 3 nitrogen and oxygen atoms in total. The molecule has 0 unspecified atom stereocenters. The summed E-state index contributed by atoms with van der Waals surface area (Å²) in [6, 6.07) is 6.90. The van der Waals surface area contributed by atoms with Crippen LogP contribution in [0.2, 0.25) is 0 Å². The maximum absolute atomic E-state index is 13.7. The summed E-state index contributed by atoms with van der Waals surface area (Å²) in [7, 11) is 1.80. The van der Waals surface area contributed by atoms with Gasteiger partial charge in [-0.05, 0) is 12.1 Å². The molecule has 0 spiro atoms. The van der Waals surface area contributed by atoms with Crippen molar-refractivity contribution in [3.8, 4) is 0 Å². The van der Waals surface area contributed by atoms with Crippen molar-refractivity contribution < 1.29 is 4.39 Å². The van der Waals surface area contributed by atoms with Gasteiger partial charge in [0.05, 0.1) is 11.0 Å². The van der Waals surface area contributed by atoms with Crippen molar-refractivity contribution in [2.45, 2.75) is 0 Å². The van der Waals surface area contributed by atoms with E-state index in [9.17, 15) is 4.39 Å². The SMILES string of the molecule is Cn1c2c(F)cccc2c2ccnc(N)c21. The monoisotopic (exact) mass is 215 g/mol. The van der Waals surface area contributed by atoms with Gasteiger partial charge >= 0.3 is 0 Å². The van der Waals surface area contributed by atoms with Gasteiger partial charge in [-0.3, -0.25) is 0 Å². The molecule has 2 aromatic heterocycles. The molecule has 0 aliphatic heterocycles. The Morgan fingerprint density at radius 1 is 1.19 bits per heavy atom. The number of benzene rings is 1. The van der Waals surface area contributed by atoms with Crippen molar-refractivity contribution >= 4 is 27.6 Å². The summed E-state index contributed by atoms with van der Waals surface area (Å²) in [4.78, 5) is 4.03. The van der Waals surface area contributed by atoms with E-state index in [0.29, 0.717) is 11.3 Å². The number of aromatic nitrogens is 2. The largest absolute Gasteiger partial charge is 0.382 e. The standard InChI is InChI=1S/C12H10FN3/c1-16-10-7(3-2-4-9(10)13)8-5-6-15-12(14)11(8)16/h2-6H,1H3,(H2,14,15). The molecule has 0 saturated carbocycles. The fourth-order valence-corrected chi connectivity index (χ4v) is 2.23. The lowest BCUT2D eigenvalue weighted by atomic mass is 10.2. The van der Waals surface area contributed by atoms with Gasteiger partial charge in [-0.25, -0.2) is 9.37 Å². The number of hydrogen-bond acceptors (Lipinski definition) is 2. The highest BCUT2D eigenvalue weighted by atomic mass is 19.1. The van der Waals surface area contributed by atoms with Gasteiger partial charge in [-0.15, -0.1) is 0 Å². The zero-order chi connectivity index (χ0) is 11.3. The summed E-state index contributed by atoms with van der Waals surface area (Å²) < 4.78 is 15.5. The summed E-state index contributed by atoms with van der Waals surface area (Å²) in [5.74, 6) is 0.186. The van der Waals surface area contributed by atoms with Crippen LogP contribution in [0.3, 0.4) is 0 Å². The number of halogens is 1. The summed E-state index contributed by atoms with van der Waals surface area (Å²) in [5, 5.41) is 1.80. The summed E-state index contributed by atoms with van der Waals surface area (Å²) >= 11 is 0. The Hall–Kier alpha value is -2.10. The van der Waals surface area contributed by atoms with Crippen LogP contribution in [0, 0.1) is 5.82 Å². The summed E-state index contributed by atoms with van der Waals surface area (Å²) in [6.07, 6.45) is 1.64. The third kappa shape index (κ3) is 0.984. The number of para-hydroxylation sites is 1. The normalized spacial score (nSPS) is 11.4. The first kappa shape index (κ1) is 9.15. The second-order valence-corrected chi connectivity index (χ2v) is 3.79. The van der Waals surface area contributed by atoms with Crippen LogP contribution >= 0.6 is 0 Å². The zero-order valence-corrected chi connectivity index (χ0v) is 8.74. The minimum atomic E-state index is -0.240. The van der Waals surface area contributed by atoms with E-state index in [1.165, 1.54) is 6.07 Å². The van der Waals surface area contributed by atoms with Gasteiger partial charge in [0.25, 0.3) is 0 Å². The third-order valence-corrected chi connectivity index (χ3v) is 2.90. The number of nitrogens with two attached hydrogens (primary N) is 1. The van der Waals surface area contributed by atoms with Crippen molar-refractivity contribution in [3.63, 3.8) is 0 Å². The first-order valence-electron chi connectivity index (χ1n) is 4.97. The second-order valence-electron chi connectivity index (χ2n) is 3.79. The Kier molecular flexibility index (Phi) is 1.68. The van der Waals surface area contributed by atoms with Gasteiger partial charge < -0.3 is 10.3 Å². The molecule has 1 aromatic carbocycles. The molecule has 0 saturated heterocycles. The van der Waals surface area contributed by atoms with Crippen LogP contribution in [-0.2, 0) is 7.05 Å². The molecule has 80 valence electrons. The van der Waals surface area contributed by atoms with E-state index < -0.39 is 0 Å². The Balaban J connectivity index is 2.70. The van der Waals surface area contributed by atoms with Crippen LogP contribution in [-0.4, -0.2) is 9.55 Å². The second kappa shape index (κ2) is 2.95. The molecule has 0 fully saturated rings. The number of anilines is 1. The lowest BCUT2D eigenvalue weighted by molar-refractivity contribution is 0.633. The topological polar surface area (TPSA) is 43.8 Å². The van der Waals surface area contributed by atoms with E-state index in [2.05, 4.69) is 4.98 Å². The Bertz CT molecular complexity index is 641. The highest BCUT2D eigenvalue weighted by Crippen LogP contribution is 2.31. The highest BCUT2D eigenvalue weighted by molar-refractivity contribution is 6.10. The zero-order valence-electron chi connectivity index (χ0n) is 8.74. The quantitative estimate of drug-likeness (QED) is 0.626. The molecule has 0 aliphatic rings. The first-order chi connectivity index (χ1) is 7.70. The van der Waals surface area contributed by atoms with Crippen LogP contribution in [0.4, 0.5) is 10.2 Å². The molecule has 3 rings (SSSR count). The van der Waals surface area contributed by atoms with Gasteiger partial charge in [0.15, 0.2) is 0 Å². The fourth-order valence-electron chi connectivity index (χ4n) is 2.23. The fraction of sp³-hybridized carbons (Fsp3) is 0.0833. The molecular weight excluding hydrogens is 205 g/mol. The number of fused-ring (bicyclic) bond motifs is 3. The molecule has 0 aliphatic carbocycles. The molecule has 2 N–H and O–H groups in total. The maximum atomic E-state index is 13.7. The van der Waals surface area contributed by atoms with Crippen molar-refractivity contribution in [1.29, 1.82) is 0 Å². The van der Waals surface area contributed by atoms with Crippen molar-refractivity contribution in [2.75, 3.05) is 5.73 Å². The molecule has 3 aromatic rings. The van der Waals surface area contributed by atoms with Crippen LogP contribution < -0.4 is 5.73 Å². The third-order valence-electron chi connectivity index (χ3n) is 2.90. The van der Waals surface area contributed by atoms with Gasteiger partial charge in [0.1, 0.15) is 11.6 Å². The predicted molar refractivity (Wildman–Crippen MR) is 62.6 cm³/mol. The summed E-state index contributed by atoms with van der Waals surface area (Å²) in [6.45, 7) is 0. The molecule has 4 heteroatoms. The minimum absolute atomic E-state index is 0.240. The Morgan fingerprint density at radius 2 is 1.94 bits per heavy atom. The van der Waals surface area contributed by atoms with Gasteiger partial charge in [-0.1, -0.05) is 12.1 Å². The number of hydrogen-bond donors (Lipinski definition) is 1. The lowest BCUT2D eigenvalue weighted by Gasteiger charge is -2.00. The number of pyridine rings is 1. The molecule has 0 radical (unpaired) electrons. The molecule has 0 bridgehead atoms. The number of rotatable bonds is 0. The van der Waals surface area contributed by atoms with Gasteiger partial charge in [-0.2, -0.15) is 0 Å². The van der Waals surface area contributed by atoms with Crippen LogP contribution in [0.25, 0.3) is 21.8 Å². The van der Waals surface area contributed by atoms with E-state index >= 15 is 0 Å². The van der Waals surface area contributed by atoms with Crippen LogP contribution in [0.1, 0.15) is 0 Å².